The average molecular weight is 474 g/mol. The Morgan fingerprint density at radius 2 is 1.20 bits per heavy atom. The van der Waals surface area contributed by atoms with Crippen molar-refractivity contribution in [3.05, 3.63) is 108 Å². The highest BCUT2D eigenvalue weighted by Crippen LogP contribution is 2.44. The number of benzene rings is 3. The molecule has 5 atom stereocenters. The normalized spacial score (nSPS) is 26.4. The molecule has 184 valence electrons. The molecule has 2 saturated heterocycles. The fourth-order valence-electron chi connectivity index (χ4n) is 5.44. The van der Waals surface area contributed by atoms with Gasteiger partial charge < -0.3 is 24.7 Å². The van der Waals surface area contributed by atoms with Gasteiger partial charge in [0, 0.05) is 6.04 Å². The highest BCUT2D eigenvalue weighted by atomic mass is 16.8. The van der Waals surface area contributed by atoms with Crippen LogP contribution < -0.4 is 5.73 Å². The average Bonchev–Trinajstić information content (AvgIpc) is 3.34. The number of nitrogens with two attached hydrogens (primary N) is 1. The smallest absolute Gasteiger partial charge is 0.164 e. The summed E-state index contributed by atoms with van der Waals surface area (Å²) in [5.74, 6) is -0.664. The quantitative estimate of drug-likeness (QED) is 0.466. The highest BCUT2D eigenvalue weighted by molar-refractivity contribution is 5.47. The third-order valence-electron chi connectivity index (χ3n) is 6.86. The van der Waals surface area contributed by atoms with Crippen molar-refractivity contribution in [2.45, 2.75) is 69.0 Å². The molecule has 1 unspecified atom stereocenters. The Labute approximate surface area is 208 Å². The minimum Gasteiger partial charge on any atom is -0.367 e. The maximum atomic E-state index is 7.01. The second-order valence-corrected chi connectivity index (χ2v) is 10.1. The zero-order valence-electron chi connectivity index (χ0n) is 20.7. The number of fused-ring (bicyclic) bond motifs is 1. The third-order valence-corrected chi connectivity index (χ3v) is 6.86. The second-order valence-electron chi connectivity index (χ2n) is 10.1. The van der Waals surface area contributed by atoms with Crippen LogP contribution in [0.3, 0.4) is 0 Å². The molecule has 35 heavy (non-hydrogen) atoms. The minimum absolute atomic E-state index is 0.00433. The SMILES string of the molecule is CC(N)C[C@@H]1O[C@H](COC(c2ccccc2)(c2ccccc2)c2ccccc2)[C@H]2OC(C)(C)O[C@H]21. The van der Waals surface area contributed by atoms with E-state index in [4.69, 9.17) is 24.7 Å². The topological polar surface area (TPSA) is 62.9 Å². The fraction of sp³-hybridized carbons (Fsp3) is 0.400. The van der Waals surface area contributed by atoms with Gasteiger partial charge in [-0.2, -0.15) is 0 Å². The highest BCUT2D eigenvalue weighted by Gasteiger charge is 2.55. The van der Waals surface area contributed by atoms with Gasteiger partial charge in [-0.05, 0) is 43.9 Å². The van der Waals surface area contributed by atoms with Gasteiger partial charge in [-0.25, -0.2) is 0 Å². The van der Waals surface area contributed by atoms with E-state index in [2.05, 4.69) is 72.8 Å². The van der Waals surface area contributed by atoms with E-state index in [-0.39, 0.29) is 30.5 Å². The van der Waals surface area contributed by atoms with Crippen LogP contribution in [-0.4, -0.2) is 42.9 Å². The third kappa shape index (κ3) is 4.80. The summed E-state index contributed by atoms with van der Waals surface area (Å²) in [5, 5.41) is 0. The van der Waals surface area contributed by atoms with Crippen LogP contribution in [0.5, 0.6) is 0 Å². The lowest BCUT2D eigenvalue weighted by molar-refractivity contribution is -0.196. The second kappa shape index (κ2) is 9.84. The lowest BCUT2D eigenvalue weighted by Crippen LogP contribution is -2.39. The zero-order chi connectivity index (χ0) is 24.5. The van der Waals surface area contributed by atoms with Gasteiger partial charge in [0.15, 0.2) is 5.79 Å². The Kier molecular flexibility index (Phi) is 6.80. The largest absolute Gasteiger partial charge is 0.367 e. The molecule has 5 rings (SSSR count). The van der Waals surface area contributed by atoms with Crippen molar-refractivity contribution in [3.8, 4) is 0 Å². The van der Waals surface area contributed by atoms with Gasteiger partial charge in [0.2, 0.25) is 0 Å². The predicted octanol–water partition coefficient (Wildman–Crippen LogP) is 5.02. The molecule has 3 aromatic rings. The zero-order valence-corrected chi connectivity index (χ0v) is 20.7. The number of hydrogen-bond donors (Lipinski definition) is 1. The lowest BCUT2D eigenvalue weighted by atomic mass is 9.80. The maximum absolute atomic E-state index is 7.01. The Hall–Kier alpha value is -2.54. The van der Waals surface area contributed by atoms with Crippen LogP contribution in [0.15, 0.2) is 91.0 Å². The summed E-state index contributed by atoms with van der Waals surface area (Å²) in [5.41, 5.74) is 8.50. The van der Waals surface area contributed by atoms with Crippen molar-refractivity contribution >= 4 is 0 Å². The molecule has 5 nitrogen and oxygen atoms in total. The first-order chi connectivity index (χ1) is 16.9. The van der Waals surface area contributed by atoms with E-state index in [9.17, 15) is 0 Å². The summed E-state index contributed by atoms with van der Waals surface area (Å²) in [6.07, 6.45) is -0.0767. The maximum Gasteiger partial charge on any atom is 0.164 e. The first-order valence-corrected chi connectivity index (χ1v) is 12.5. The number of rotatable bonds is 8. The van der Waals surface area contributed by atoms with Crippen molar-refractivity contribution in [2.24, 2.45) is 5.73 Å². The summed E-state index contributed by atoms with van der Waals surface area (Å²) < 4.78 is 26.0. The van der Waals surface area contributed by atoms with Crippen LogP contribution in [0.2, 0.25) is 0 Å². The Balaban J connectivity index is 1.53. The molecule has 3 aromatic carbocycles. The molecule has 0 bridgehead atoms. The van der Waals surface area contributed by atoms with E-state index in [0.29, 0.717) is 13.0 Å². The summed E-state index contributed by atoms with van der Waals surface area (Å²) in [6, 6.07) is 31.1. The molecule has 0 saturated carbocycles. The number of ether oxygens (including phenoxy) is 4. The van der Waals surface area contributed by atoms with E-state index in [0.717, 1.165) is 16.7 Å². The molecular formula is C30H35NO4. The summed E-state index contributed by atoms with van der Waals surface area (Å²) in [7, 11) is 0. The van der Waals surface area contributed by atoms with Crippen molar-refractivity contribution in [1.29, 1.82) is 0 Å². The monoisotopic (exact) mass is 473 g/mol. The first kappa shape index (κ1) is 24.2. The van der Waals surface area contributed by atoms with Crippen LogP contribution in [0.25, 0.3) is 0 Å². The minimum atomic E-state index is -0.809. The molecular weight excluding hydrogens is 438 g/mol. The Morgan fingerprint density at radius 1 is 0.771 bits per heavy atom. The van der Waals surface area contributed by atoms with E-state index in [1.807, 2.05) is 39.0 Å². The molecule has 2 aliphatic rings. The van der Waals surface area contributed by atoms with Crippen LogP contribution in [0.4, 0.5) is 0 Å². The van der Waals surface area contributed by atoms with Crippen molar-refractivity contribution in [2.75, 3.05) is 6.61 Å². The van der Waals surface area contributed by atoms with Crippen LogP contribution in [0, 0.1) is 0 Å². The van der Waals surface area contributed by atoms with Gasteiger partial charge in [-0.1, -0.05) is 91.0 Å². The van der Waals surface area contributed by atoms with Gasteiger partial charge in [0.05, 0.1) is 12.7 Å². The van der Waals surface area contributed by atoms with Gasteiger partial charge >= 0.3 is 0 Å². The van der Waals surface area contributed by atoms with E-state index in [1.54, 1.807) is 0 Å². The van der Waals surface area contributed by atoms with Gasteiger partial charge in [-0.15, -0.1) is 0 Å². The molecule has 0 aromatic heterocycles. The molecule has 2 N–H and O–H groups in total. The van der Waals surface area contributed by atoms with E-state index >= 15 is 0 Å². The van der Waals surface area contributed by atoms with Crippen molar-refractivity contribution in [3.63, 3.8) is 0 Å². The molecule has 0 spiro atoms. The van der Waals surface area contributed by atoms with Crippen molar-refractivity contribution in [1.82, 2.24) is 0 Å². The number of hydrogen-bond acceptors (Lipinski definition) is 5. The van der Waals surface area contributed by atoms with Gasteiger partial charge in [-0.3, -0.25) is 0 Å². The first-order valence-electron chi connectivity index (χ1n) is 12.5. The molecule has 0 aliphatic carbocycles. The van der Waals surface area contributed by atoms with Crippen LogP contribution in [0.1, 0.15) is 43.9 Å². The summed E-state index contributed by atoms with van der Waals surface area (Å²) in [4.78, 5) is 0. The standard InChI is InChI=1S/C30H35NO4/c1-21(31)19-25-27-28(35-29(2,3)34-27)26(33-25)20-32-30(22-13-7-4-8-14-22,23-15-9-5-10-16-23)24-17-11-6-12-18-24/h4-18,21,25-28H,19-20,31H2,1-3H3/t21?,25-,26+,27-,28+/m0/s1. The molecule has 2 aliphatic heterocycles. The van der Waals surface area contributed by atoms with Crippen molar-refractivity contribution < 1.29 is 18.9 Å². The molecule has 5 heteroatoms. The van der Waals surface area contributed by atoms with Crippen LogP contribution >= 0.6 is 0 Å². The summed E-state index contributed by atoms with van der Waals surface area (Å²) in [6.45, 7) is 6.24. The van der Waals surface area contributed by atoms with Crippen LogP contribution in [-0.2, 0) is 24.5 Å². The molecule has 0 amide bonds. The predicted molar refractivity (Wildman–Crippen MR) is 136 cm³/mol. The molecule has 0 radical (unpaired) electrons. The Bertz CT molecular complexity index is 990. The van der Waals surface area contributed by atoms with Gasteiger partial charge in [0.1, 0.15) is 23.9 Å². The molecule has 2 fully saturated rings. The van der Waals surface area contributed by atoms with E-state index < -0.39 is 11.4 Å². The van der Waals surface area contributed by atoms with Gasteiger partial charge in [0.25, 0.3) is 0 Å². The fourth-order valence-corrected chi connectivity index (χ4v) is 5.44. The van der Waals surface area contributed by atoms with E-state index in [1.165, 1.54) is 0 Å². The lowest BCUT2D eigenvalue weighted by Gasteiger charge is -2.37. The molecule has 2 heterocycles. The Morgan fingerprint density at radius 3 is 1.63 bits per heavy atom. The summed E-state index contributed by atoms with van der Waals surface area (Å²) >= 11 is 0.